The van der Waals surface area contributed by atoms with Crippen molar-refractivity contribution in [2.75, 3.05) is 11.9 Å². The number of amides is 1. The monoisotopic (exact) mass is 432 g/mol. The highest BCUT2D eigenvalue weighted by molar-refractivity contribution is 5.74. The summed E-state index contributed by atoms with van der Waals surface area (Å²) in [6.07, 6.45) is -2.87. The van der Waals surface area contributed by atoms with Crippen LogP contribution < -0.4 is 5.32 Å². The number of rotatable bonds is 5. The first-order valence-corrected chi connectivity index (χ1v) is 9.97. The zero-order valence-electron chi connectivity index (χ0n) is 17.3. The molecule has 0 fully saturated rings. The van der Waals surface area contributed by atoms with E-state index in [2.05, 4.69) is 15.5 Å². The van der Waals surface area contributed by atoms with E-state index in [1.165, 1.54) is 11.6 Å². The summed E-state index contributed by atoms with van der Waals surface area (Å²) in [4.78, 5) is 13.5. The van der Waals surface area contributed by atoms with Gasteiger partial charge in [-0.25, -0.2) is 0 Å². The largest absolute Gasteiger partial charge is 0.390 e. The molecule has 1 N–H and O–H groups in total. The van der Waals surface area contributed by atoms with E-state index in [-0.39, 0.29) is 12.5 Å². The number of halogens is 3. The molecule has 0 saturated heterocycles. The van der Waals surface area contributed by atoms with E-state index in [1.54, 1.807) is 9.58 Å². The Morgan fingerprint density at radius 3 is 2.52 bits per heavy atom. The molecule has 7 nitrogen and oxygen atoms in total. The van der Waals surface area contributed by atoms with E-state index in [1.807, 2.05) is 43.6 Å². The Morgan fingerprint density at radius 2 is 1.90 bits per heavy atom. The number of carbonyl (C=O) groups is 1. The van der Waals surface area contributed by atoms with Crippen LogP contribution in [0.5, 0.6) is 0 Å². The van der Waals surface area contributed by atoms with Crippen LogP contribution in [0.1, 0.15) is 24.6 Å². The fourth-order valence-corrected chi connectivity index (χ4v) is 3.71. The van der Waals surface area contributed by atoms with Gasteiger partial charge in [-0.1, -0.05) is 12.1 Å². The third kappa shape index (κ3) is 4.73. The minimum absolute atomic E-state index is 0.0700. The highest BCUT2D eigenvalue weighted by atomic mass is 19.4. The van der Waals surface area contributed by atoms with Crippen molar-refractivity contribution in [1.29, 1.82) is 0 Å². The average Bonchev–Trinajstić information content (AvgIpc) is 3.30. The first kappa shape index (κ1) is 21.0. The van der Waals surface area contributed by atoms with E-state index < -0.39 is 12.6 Å². The Bertz CT molecular complexity index is 1080. The fraction of sp³-hybridized carbons (Fsp3) is 0.381. The molecule has 4 rings (SSSR count). The topological polar surface area (TPSA) is 68.0 Å². The number of carbonyl (C=O) groups excluding carboxylic acids is 1. The second-order valence-electron chi connectivity index (χ2n) is 7.63. The molecule has 0 atom stereocenters. The van der Waals surface area contributed by atoms with E-state index in [0.717, 1.165) is 28.2 Å². The lowest BCUT2D eigenvalue weighted by molar-refractivity contribution is -0.137. The van der Waals surface area contributed by atoms with Crippen LogP contribution in [0.4, 0.5) is 24.7 Å². The minimum atomic E-state index is -4.26. The lowest BCUT2D eigenvalue weighted by Gasteiger charge is -2.26. The summed E-state index contributed by atoms with van der Waals surface area (Å²) < 4.78 is 41.4. The van der Waals surface area contributed by atoms with Crippen LogP contribution in [0, 0.1) is 0 Å². The zero-order chi connectivity index (χ0) is 22.2. The average molecular weight is 432 g/mol. The number of nitrogens with zero attached hydrogens (tertiary/aromatic N) is 5. The van der Waals surface area contributed by atoms with Gasteiger partial charge in [-0.15, -0.1) is 0 Å². The van der Waals surface area contributed by atoms with Gasteiger partial charge in [-0.3, -0.25) is 14.2 Å². The van der Waals surface area contributed by atoms with Gasteiger partial charge in [0.2, 0.25) is 5.91 Å². The number of aryl methyl sites for hydroxylation is 2. The molecule has 3 heterocycles. The Labute approximate surface area is 177 Å². The third-order valence-electron chi connectivity index (χ3n) is 5.34. The summed E-state index contributed by atoms with van der Waals surface area (Å²) in [6, 6.07) is 9.49. The number of alkyl halides is 3. The maximum absolute atomic E-state index is 12.8. The number of fused-ring (bicyclic) bond motifs is 1. The molecule has 0 radical (unpaired) electrons. The zero-order valence-corrected chi connectivity index (χ0v) is 17.3. The van der Waals surface area contributed by atoms with Crippen LogP contribution in [0.25, 0.3) is 11.3 Å². The molecule has 0 unspecified atom stereocenters. The molecule has 1 aliphatic heterocycles. The first-order valence-electron chi connectivity index (χ1n) is 9.97. The van der Waals surface area contributed by atoms with Gasteiger partial charge in [0, 0.05) is 62.2 Å². The number of nitrogens with one attached hydrogen (secondary N) is 1. The Balaban J connectivity index is 1.59. The van der Waals surface area contributed by atoms with Gasteiger partial charge in [-0.05, 0) is 18.2 Å². The Hall–Kier alpha value is -3.30. The molecule has 2 aromatic heterocycles. The molecule has 0 aliphatic carbocycles. The summed E-state index contributed by atoms with van der Waals surface area (Å²) in [5.41, 5.74) is 4.06. The number of hydrogen-bond acceptors (Lipinski definition) is 4. The number of aromatic nitrogens is 4. The molecule has 1 aliphatic rings. The fourth-order valence-electron chi connectivity index (χ4n) is 3.71. The molecule has 0 saturated carbocycles. The van der Waals surface area contributed by atoms with Crippen LogP contribution in [-0.4, -0.2) is 43.1 Å². The highest BCUT2D eigenvalue weighted by Crippen LogP contribution is 2.31. The second kappa shape index (κ2) is 8.09. The smallest absolute Gasteiger partial charge is 0.338 e. The lowest BCUT2D eigenvalue weighted by Crippen LogP contribution is -2.34. The predicted octanol–water partition coefficient (Wildman–Crippen LogP) is 3.88. The van der Waals surface area contributed by atoms with Crippen molar-refractivity contribution in [3.8, 4) is 11.3 Å². The number of benzene rings is 1. The molecular weight excluding hydrogens is 409 g/mol. The predicted molar refractivity (Wildman–Crippen MR) is 110 cm³/mol. The van der Waals surface area contributed by atoms with Crippen LogP contribution in [0.3, 0.4) is 0 Å². The van der Waals surface area contributed by atoms with Crippen molar-refractivity contribution in [2.45, 2.75) is 39.0 Å². The van der Waals surface area contributed by atoms with E-state index in [9.17, 15) is 18.0 Å². The van der Waals surface area contributed by atoms with E-state index >= 15 is 0 Å². The van der Waals surface area contributed by atoms with Gasteiger partial charge >= 0.3 is 6.18 Å². The van der Waals surface area contributed by atoms with Crippen LogP contribution in [0.2, 0.25) is 0 Å². The molecule has 31 heavy (non-hydrogen) atoms. The van der Waals surface area contributed by atoms with Crippen molar-refractivity contribution in [3.05, 3.63) is 47.8 Å². The molecule has 164 valence electrons. The number of anilines is 2. The van der Waals surface area contributed by atoms with Gasteiger partial charge in [0.1, 0.15) is 0 Å². The van der Waals surface area contributed by atoms with Gasteiger partial charge in [0.25, 0.3) is 0 Å². The van der Waals surface area contributed by atoms with Crippen molar-refractivity contribution in [3.63, 3.8) is 0 Å². The van der Waals surface area contributed by atoms with E-state index in [0.29, 0.717) is 25.3 Å². The van der Waals surface area contributed by atoms with Crippen LogP contribution in [0.15, 0.2) is 36.5 Å². The minimum Gasteiger partial charge on any atom is -0.338 e. The normalized spacial score (nSPS) is 13.9. The summed E-state index contributed by atoms with van der Waals surface area (Å²) in [5.74, 6) is 0.410. The van der Waals surface area contributed by atoms with Crippen molar-refractivity contribution in [2.24, 2.45) is 7.05 Å². The van der Waals surface area contributed by atoms with E-state index in [4.69, 9.17) is 0 Å². The maximum Gasteiger partial charge on any atom is 0.390 e. The summed E-state index contributed by atoms with van der Waals surface area (Å²) in [6.45, 7) is 2.04. The maximum atomic E-state index is 12.8. The van der Waals surface area contributed by atoms with Crippen LogP contribution in [-0.2, 0) is 31.4 Å². The molecule has 0 bridgehead atoms. The molecule has 1 amide bonds. The summed E-state index contributed by atoms with van der Waals surface area (Å²) in [7, 11) is 1.85. The highest BCUT2D eigenvalue weighted by Gasteiger charge is 2.30. The molecular formula is C21H23F3N6O. The number of hydrogen-bond donors (Lipinski definition) is 1. The summed E-state index contributed by atoms with van der Waals surface area (Å²) in [5, 5.41) is 12.0. The SMILES string of the molecule is CC(=O)N1CCc2c(c(Nc3ccc(-c4ccn(C)n4)cc3)nn2CCC(F)(F)F)C1. The lowest BCUT2D eigenvalue weighted by atomic mass is 10.1. The molecule has 10 heteroatoms. The molecule has 3 aromatic rings. The Morgan fingerprint density at radius 1 is 1.16 bits per heavy atom. The van der Waals surface area contributed by atoms with Gasteiger partial charge < -0.3 is 10.2 Å². The standard InChI is InChI=1S/C21H23F3N6O/c1-14(31)29-11-8-19-17(13-29)20(27-30(19)12-9-21(22,23)24)25-16-5-3-15(4-6-16)18-7-10-28(2)26-18/h3-7,10H,8-9,11-13H2,1-2H3,(H,25,27). The van der Waals surface area contributed by atoms with Crippen molar-refractivity contribution >= 4 is 17.4 Å². The first-order chi connectivity index (χ1) is 14.7. The van der Waals surface area contributed by atoms with Crippen molar-refractivity contribution in [1.82, 2.24) is 24.5 Å². The molecule has 0 spiro atoms. The van der Waals surface area contributed by atoms with Gasteiger partial charge in [0.05, 0.1) is 18.7 Å². The quantitative estimate of drug-likeness (QED) is 0.664. The third-order valence-corrected chi connectivity index (χ3v) is 5.34. The second-order valence-corrected chi connectivity index (χ2v) is 7.63. The van der Waals surface area contributed by atoms with Crippen molar-refractivity contribution < 1.29 is 18.0 Å². The van der Waals surface area contributed by atoms with Crippen LogP contribution >= 0.6 is 0 Å². The molecule has 1 aromatic carbocycles. The summed E-state index contributed by atoms with van der Waals surface area (Å²) >= 11 is 0. The van der Waals surface area contributed by atoms with Gasteiger partial charge in [-0.2, -0.15) is 23.4 Å². The Kier molecular flexibility index (Phi) is 5.47. The van der Waals surface area contributed by atoms with Gasteiger partial charge in [0.15, 0.2) is 5.82 Å².